The van der Waals surface area contributed by atoms with Crippen molar-refractivity contribution in [1.82, 2.24) is 4.90 Å². The molecule has 0 saturated carbocycles. The van der Waals surface area contributed by atoms with Gasteiger partial charge in [0, 0.05) is 17.9 Å². The van der Waals surface area contributed by atoms with E-state index >= 15 is 0 Å². The number of hydrogen-bond acceptors (Lipinski definition) is 3. The second-order valence-corrected chi connectivity index (χ2v) is 6.12. The average Bonchev–Trinajstić information content (AvgIpc) is 2.48. The first-order valence-corrected chi connectivity index (χ1v) is 8.27. The zero-order valence-electron chi connectivity index (χ0n) is 11.7. The number of nitrogens with zero attached hydrogens (tertiary/aromatic N) is 1. The number of likely N-dealkylation sites (tertiary alicyclic amines) is 1. The summed E-state index contributed by atoms with van der Waals surface area (Å²) < 4.78 is 0. The molecule has 0 N–H and O–H groups in total. The summed E-state index contributed by atoms with van der Waals surface area (Å²) in [7, 11) is 0. The molecule has 0 unspecified atom stereocenters. The Labute approximate surface area is 120 Å². The van der Waals surface area contributed by atoms with E-state index in [0.29, 0.717) is 0 Å². The number of thioether (sulfide) groups is 1. The molecule has 1 aromatic rings. The minimum Gasteiger partial charge on any atom is -0.303 e. The Kier molecular flexibility index (Phi) is 5.93. The lowest BCUT2D eigenvalue weighted by Crippen LogP contribution is -2.31. The van der Waals surface area contributed by atoms with Gasteiger partial charge >= 0.3 is 0 Å². The third-order valence-electron chi connectivity index (χ3n) is 3.71. The van der Waals surface area contributed by atoms with Crippen LogP contribution in [0.15, 0.2) is 24.3 Å². The number of carbonyl (C=O) groups excluding carboxylic acids is 1. The predicted molar refractivity (Wildman–Crippen MR) is 82.9 cm³/mol. The van der Waals surface area contributed by atoms with Gasteiger partial charge in [-0.3, -0.25) is 4.79 Å². The van der Waals surface area contributed by atoms with E-state index in [1.807, 2.05) is 18.2 Å². The fraction of sp³-hybridized carbons (Fsp3) is 0.562. The molecule has 1 aromatic carbocycles. The Balaban J connectivity index is 1.80. The Morgan fingerprint density at radius 1 is 1.21 bits per heavy atom. The molecule has 104 valence electrons. The molecular formula is C16H23NOS. The third kappa shape index (κ3) is 4.36. The van der Waals surface area contributed by atoms with Crippen LogP contribution >= 0.6 is 11.8 Å². The van der Waals surface area contributed by atoms with Gasteiger partial charge in [-0.25, -0.2) is 0 Å². The van der Waals surface area contributed by atoms with Gasteiger partial charge in [-0.05, 0) is 37.9 Å². The summed E-state index contributed by atoms with van der Waals surface area (Å²) in [6.45, 7) is 5.57. The van der Waals surface area contributed by atoms with Gasteiger partial charge in [-0.15, -0.1) is 0 Å². The highest BCUT2D eigenvalue weighted by molar-refractivity contribution is 8.14. The van der Waals surface area contributed by atoms with E-state index in [1.54, 1.807) is 0 Å². The molecule has 0 bridgehead atoms. The van der Waals surface area contributed by atoms with Crippen LogP contribution in [0.3, 0.4) is 0 Å². The highest BCUT2D eigenvalue weighted by atomic mass is 32.2. The van der Waals surface area contributed by atoms with Crippen molar-refractivity contribution in [2.24, 2.45) is 0 Å². The van der Waals surface area contributed by atoms with E-state index in [2.05, 4.69) is 17.9 Å². The molecule has 1 fully saturated rings. The van der Waals surface area contributed by atoms with Gasteiger partial charge in [0.1, 0.15) is 0 Å². The van der Waals surface area contributed by atoms with E-state index in [4.69, 9.17) is 0 Å². The summed E-state index contributed by atoms with van der Waals surface area (Å²) in [5.74, 6) is 0.914. The van der Waals surface area contributed by atoms with Gasteiger partial charge in [-0.2, -0.15) is 0 Å². The lowest BCUT2D eigenvalue weighted by Gasteiger charge is -2.25. The molecule has 1 aliphatic heterocycles. The van der Waals surface area contributed by atoms with Crippen molar-refractivity contribution in [3.63, 3.8) is 0 Å². The lowest BCUT2D eigenvalue weighted by atomic mass is 10.1. The van der Waals surface area contributed by atoms with Crippen molar-refractivity contribution >= 4 is 16.9 Å². The number of rotatable bonds is 5. The number of hydrogen-bond donors (Lipinski definition) is 0. The van der Waals surface area contributed by atoms with Crippen molar-refractivity contribution < 1.29 is 4.79 Å². The first kappa shape index (κ1) is 14.6. The second kappa shape index (κ2) is 7.71. The maximum absolute atomic E-state index is 12.2. The van der Waals surface area contributed by atoms with Gasteiger partial charge in [-0.1, -0.05) is 49.4 Å². The zero-order valence-corrected chi connectivity index (χ0v) is 12.5. The Morgan fingerprint density at radius 2 is 1.95 bits per heavy atom. The van der Waals surface area contributed by atoms with Crippen LogP contribution in [0.25, 0.3) is 0 Å². The maximum atomic E-state index is 12.2. The highest BCUT2D eigenvalue weighted by Gasteiger charge is 2.13. The third-order valence-corrected chi connectivity index (χ3v) is 4.58. The Morgan fingerprint density at radius 3 is 2.68 bits per heavy atom. The first-order valence-electron chi connectivity index (χ1n) is 7.28. The molecular weight excluding hydrogens is 254 g/mol. The molecule has 0 aliphatic carbocycles. The Hall–Kier alpha value is -0.800. The van der Waals surface area contributed by atoms with Gasteiger partial charge in [0.05, 0.1) is 0 Å². The van der Waals surface area contributed by atoms with Gasteiger partial charge in [0.15, 0.2) is 0 Å². The van der Waals surface area contributed by atoms with Gasteiger partial charge < -0.3 is 4.90 Å². The largest absolute Gasteiger partial charge is 0.303 e. The zero-order chi connectivity index (χ0) is 13.5. The number of piperidine rings is 1. The normalized spacial score (nSPS) is 16.5. The SMILES string of the molecule is CCc1ccccc1C(=O)SCCN1CCCCC1. The summed E-state index contributed by atoms with van der Waals surface area (Å²) in [5, 5.41) is 0.231. The number of benzene rings is 1. The molecule has 2 nitrogen and oxygen atoms in total. The quantitative estimate of drug-likeness (QED) is 0.820. The molecule has 1 heterocycles. The smallest absolute Gasteiger partial charge is 0.219 e. The molecule has 3 heteroatoms. The molecule has 19 heavy (non-hydrogen) atoms. The molecule has 1 saturated heterocycles. The maximum Gasteiger partial charge on any atom is 0.219 e. The fourth-order valence-corrected chi connectivity index (χ4v) is 3.45. The van der Waals surface area contributed by atoms with E-state index < -0.39 is 0 Å². The molecule has 1 aliphatic rings. The fourth-order valence-electron chi connectivity index (χ4n) is 2.56. The van der Waals surface area contributed by atoms with Crippen LogP contribution in [0.5, 0.6) is 0 Å². The van der Waals surface area contributed by atoms with Crippen molar-refractivity contribution in [2.45, 2.75) is 32.6 Å². The standard InChI is InChI=1S/C16H23NOS/c1-2-14-8-4-5-9-15(14)16(18)19-13-12-17-10-6-3-7-11-17/h4-5,8-9H,2-3,6-7,10-13H2,1H3. The summed E-state index contributed by atoms with van der Waals surface area (Å²) in [4.78, 5) is 14.7. The number of aryl methyl sites for hydroxylation is 1. The topological polar surface area (TPSA) is 20.3 Å². The molecule has 0 amide bonds. The van der Waals surface area contributed by atoms with Crippen LogP contribution in [0.2, 0.25) is 0 Å². The van der Waals surface area contributed by atoms with Gasteiger partial charge in [0.2, 0.25) is 5.12 Å². The summed E-state index contributed by atoms with van der Waals surface area (Å²) >= 11 is 1.47. The van der Waals surface area contributed by atoms with Crippen molar-refractivity contribution in [3.05, 3.63) is 35.4 Å². The molecule has 0 atom stereocenters. The predicted octanol–water partition coefficient (Wildman–Crippen LogP) is 3.61. The van der Waals surface area contributed by atoms with Crippen molar-refractivity contribution in [2.75, 3.05) is 25.4 Å². The average molecular weight is 277 g/mol. The van der Waals surface area contributed by atoms with E-state index in [0.717, 1.165) is 29.8 Å². The van der Waals surface area contributed by atoms with Crippen LogP contribution in [-0.4, -0.2) is 35.4 Å². The summed E-state index contributed by atoms with van der Waals surface area (Å²) in [5.41, 5.74) is 2.06. The van der Waals surface area contributed by atoms with E-state index in [-0.39, 0.29) is 5.12 Å². The summed E-state index contributed by atoms with van der Waals surface area (Å²) in [6, 6.07) is 7.97. The van der Waals surface area contributed by atoms with Crippen LogP contribution in [0.1, 0.15) is 42.1 Å². The van der Waals surface area contributed by atoms with E-state index in [1.165, 1.54) is 44.1 Å². The second-order valence-electron chi connectivity index (χ2n) is 5.05. The van der Waals surface area contributed by atoms with Gasteiger partial charge in [0.25, 0.3) is 0 Å². The van der Waals surface area contributed by atoms with Crippen LogP contribution in [-0.2, 0) is 6.42 Å². The molecule has 2 rings (SSSR count). The molecule has 0 spiro atoms. The monoisotopic (exact) mass is 277 g/mol. The lowest BCUT2D eigenvalue weighted by molar-refractivity contribution is 0.108. The highest BCUT2D eigenvalue weighted by Crippen LogP contribution is 2.18. The van der Waals surface area contributed by atoms with Crippen LogP contribution < -0.4 is 0 Å². The minimum absolute atomic E-state index is 0.231. The number of carbonyl (C=O) groups is 1. The van der Waals surface area contributed by atoms with Crippen LogP contribution in [0.4, 0.5) is 0 Å². The minimum atomic E-state index is 0.231. The van der Waals surface area contributed by atoms with Crippen LogP contribution in [0, 0.1) is 0 Å². The van der Waals surface area contributed by atoms with E-state index in [9.17, 15) is 4.79 Å². The first-order chi connectivity index (χ1) is 9.31. The van der Waals surface area contributed by atoms with Crippen molar-refractivity contribution in [1.29, 1.82) is 0 Å². The Bertz CT molecular complexity index is 413. The molecule has 0 radical (unpaired) electrons. The van der Waals surface area contributed by atoms with Crippen molar-refractivity contribution in [3.8, 4) is 0 Å². The molecule has 0 aromatic heterocycles. The summed E-state index contributed by atoms with van der Waals surface area (Å²) in [6.07, 6.45) is 4.93.